The van der Waals surface area contributed by atoms with Gasteiger partial charge >= 0.3 is 0 Å². The van der Waals surface area contributed by atoms with Gasteiger partial charge in [0, 0.05) is 31.5 Å². The first kappa shape index (κ1) is 22.5. The van der Waals surface area contributed by atoms with Gasteiger partial charge in [-0.15, -0.1) is 0 Å². The second-order valence-electron chi connectivity index (χ2n) is 6.47. The van der Waals surface area contributed by atoms with E-state index in [-0.39, 0.29) is 10.8 Å². The first-order chi connectivity index (χ1) is 13.7. The van der Waals surface area contributed by atoms with Gasteiger partial charge in [0.05, 0.1) is 18.6 Å². The van der Waals surface area contributed by atoms with E-state index in [1.165, 1.54) is 26.2 Å². The van der Waals surface area contributed by atoms with Crippen molar-refractivity contribution in [2.45, 2.75) is 24.8 Å². The van der Waals surface area contributed by atoms with Crippen molar-refractivity contribution in [1.29, 1.82) is 0 Å². The quantitative estimate of drug-likeness (QED) is 0.646. The molecular weight excluding hydrogens is 394 g/mol. The summed E-state index contributed by atoms with van der Waals surface area (Å²) in [5, 5.41) is 5.83. The van der Waals surface area contributed by atoms with Crippen molar-refractivity contribution in [1.82, 2.24) is 4.31 Å². The zero-order valence-corrected chi connectivity index (χ0v) is 18.0. The predicted octanol–water partition coefficient (Wildman–Crippen LogP) is 2.78. The number of methoxy groups -OCH3 is 1. The van der Waals surface area contributed by atoms with E-state index >= 15 is 0 Å². The zero-order valence-electron chi connectivity index (χ0n) is 17.2. The number of hydrogen-bond donors (Lipinski definition) is 2. The molecule has 1 amide bonds. The molecule has 0 bridgehead atoms. The van der Waals surface area contributed by atoms with Gasteiger partial charge in [0.2, 0.25) is 15.9 Å². The molecule has 0 fully saturated rings. The Morgan fingerprint density at radius 1 is 1.10 bits per heavy atom. The number of sulfonamides is 1. The van der Waals surface area contributed by atoms with Crippen molar-refractivity contribution in [3.63, 3.8) is 0 Å². The summed E-state index contributed by atoms with van der Waals surface area (Å²) in [7, 11) is 0.880. The molecule has 0 aliphatic heterocycles. The second-order valence-corrected chi connectivity index (χ2v) is 8.62. The summed E-state index contributed by atoms with van der Waals surface area (Å²) >= 11 is 0. The number of benzene rings is 2. The molecule has 2 N–H and O–H groups in total. The summed E-state index contributed by atoms with van der Waals surface area (Å²) in [4.78, 5) is 12.7. The predicted molar refractivity (Wildman–Crippen MR) is 113 cm³/mol. The van der Waals surface area contributed by atoms with E-state index in [9.17, 15) is 13.2 Å². The molecule has 2 aromatic rings. The third-order valence-corrected chi connectivity index (χ3v) is 5.93. The molecular formula is C20H27N3O5S. The Kier molecular flexibility index (Phi) is 7.46. The first-order valence-corrected chi connectivity index (χ1v) is 10.5. The summed E-state index contributed by atoms with van der Waals surface area (Å²) < 4.78 is 36.4. The van der Waals surface area contributed by atoms with Crippen molar-refractivity contribution in [3.05, 3.63) is 42.5 Å². The van der Waals surface area contributed by atoms with Gasteiger partial charge < -0.3 is 20.1 Å². The van der Waals surface area contributed by atoms with Crippen molar-refractivity contribution >= 4 is 27.3 Å². The lowest BCUT2D eigenvalue weighted by atomic mass is 10.2. The lowest BCUT2D eigenvalue weighted by Crippen LogP contribution is -2.32. The fraction of sp³-hybridized carbons (Fsp3) is 0.350. The van der Waals surface area contributed by atoms with Crippen molar-refractivity contribution in [2.24, 2.45) is 0 Å². The largest absolute Gasteiger partial charge is 0.493 e. The molecule has 0 radical (unpaired) electrons. The van der Waals surface area contributed by atoms with Gasteiger partial charge in [0.25, 0.3) is 0 Å². The highest BCUT2D eigenvalue weighted by atomic mass is 32.2. The minimum Gasteiger partial charge on any atom is -0.493 e. The number of rotatable bonds is 9. The Hall–Kier alpha value is -2.78. The standard InChI is InChI=1S/C20H27N3O5S/c1-6-28-18-11-10-16(13-19(18)27-5)21-14(2)20(24)22-15-8-7-9-17(12-15)29(25,26)23(3)4/h7-14,21H,6H2,1-5H3,(H,22,24)/t14-/m0/s1. The lowest BCUT2D eigenvalue weighted by Gasteiger charge is -2.17. The molecule has 29 heavy (non-hydrogen) atoms. The maximum Gasteiger partial charge on any atom is 0.246 e. The normalized spacial score (nSPS) is 12.3. The van der Waals surface area contributed by atoms with E-state index < -0.39 is 16.1 Å². The van der Waals surface area contributed by atoms with Gasteiger partial charge in [0.15, 0.2) is 11.5 Å². The SMILES string of the molecule is CCOc1ccc(N[C@@H](C)C(=O)Nc2cccc(S(=O)(=O)N(C)C)c2)cc1OC. The Bertz CT molecular complexity index is 960. The molecule has 1 atom stereocenters. The van der Waals surface area contributed by atoms with E-state index in [0.29, 0.717) is 29.5 Å². The van der Waals surface area contributed by atoms with E-state index in [2.05, 4.69) is 10.6 Å². The fourth-order valence-corrected chi connectivity index (χ4v) is 3.49. The summed E-state index contributed by atoms with van der Waals surface area (Å²) in [5.41, 5.74) is 1.09. The highest BCUT2D eigenvalue weighted by Gasteiger charge is 2.19. The van der Waals surface area contributed by atoms with Crippen molar-refractivity contribution in [3.8, 4) is 11.5 Å². The van der Waals surface area contributed by atoms with Gasteiger partial charge in [-0.3, -0.25) is 4.79 Å². The zero-order chi connectivity index (χ0) is 21.6. The number of ether oxygens (including phenoxy) is 2. The second kappa shape index (κ2) is 9.62. The Morgan fingerprint density at radius 2 is 1.83 bits per heavy atom. The number of carbonyl (C=O) groups excluding carboxylic acids is 1. The molecule has 158 valence electrons. The van der Waals surface area contributed by atoms with E-state index in [4.69, 9.17) is 9.47 Å². The number of hydrogen-bond acceptors (Lipinski definition) is 6. The van der Waals surface area contributed by atoms with Crippen LogP contribution in [0.1, 0.15) is 13.8 Å². The lowest BCUT2D eigenvalue weighted by molar-refractivity contribution is -0.116. The highest BCUT2D eigenvalue weighted by molar-refractivity contribution is 7.89. The van der Waals surface area contributed by atoms with Crippen LogP contribution in [0.2, 0.25) is 0 Å². The van der Waals surface area contributed by atoms with Crippen LogP contribution in [0, 0.1) is 0 Å². The molecule has 0 saturated carbocycles. The van der Waals surface area contributed by atoms with Crippen LogP contribution in [0.3, 0.4) is 0 Å². The molecule has 9 heteroatoms. The van der Waals surface area contributed by atoms with E-state index in [1.807, 2.05) is 6.92 Å². The minimum absolute atomic E-state index is 0.108. The molecule has 2 aromatic carbocycles. The topological polar surface area (TPSA) is 97.0 Å². The molecule has 0 aliphatic rings. The molecule has 0 aromatic heterocycles. The van der Waals surface area contributed by atoms with Crippen LogP contribution >= 0.6 is 0 Å². The number of carbonyl (C=O) groups is 1. The van der Waals surface area contributed by atoms with Crippen LogP contribution in [-0.2, 0) is 14.8 Å². The minimum atomic E-state index is -3.58. The number of anilines is 2. The summed E-state index contributed by atoms with van der Waals surface area (Å²) in [6.07, 6.45) is 0. The monoisotopic (exact) mass is 421 g/mol. The fourth-order valence-electron chi connectivity index (χ4n) is 2.54. The third kappa shape index (κ3) is 5.61. The van der Waals surface area contributed by atoms with E-state index in [1.54, 1.807) is 44.4 Å². The van der Waals surface area contributed by atoms with Crippen LogP contribution in [-0.4, -0.2) is 52.5 Å². The maximum atomic E-state index is 12.5. The van der Waals surface area contributed by atoms with Gasteiger partial charge in [-0.2, -0.15) is 0 Å². The molecule has 8 nitrogen and oxygen atoms in total. The molecule has 2 rings (SSSR count). The number of nitrogens with one attached hydrogen (secondary N) is 2. The first-order valence-electron chi connectivity index (χ1n) is 9.09. The molecule has 0 spiro atoms. The number of amides is 1. The Labute approximate surface area is 171 Å². The van der Waals surface area contributed by atoms with Gasteiger partial charge in [-0.1, -0.05) is 6.07 Å². The maximum absolute atomic E-state index is 12.5. The van der Waals surface area contributed by atoms with Gasteiger partial charge in [-0.05, 0) is 44.2 Å². The molecule has 0 heterocycles. The summed E-state index contributed by atoms with van der Waals surface area (Å²) in [5.74, 6) is 0.875. The average molecular weight is 422 g/mol. The average Bonchev–Trinajstić information content (AvgIpc) is 2.69. The van der Waals surface area contributed by atoms with Crippen LogP contribution in [0.5, 0.6) is 11.5 Å². The highest BCUT2D eigenvalue weighted by Crippen LogP contribution is 2.30. The molecule has 0 unspecified atom stereocenters. The van der Waals surface area contributed by atoms with Crippen LogP contribution < -0.4 is 20.1 Å². The third-order valence-electron chi connectivity index (χ3n) is 4.12. The number of nitrogens with zero attached hydrogens (tertiary/aromatic N) is 1. The molecule has 0 aliphatic carbocycles. The van der Waals surface area contributed by atoms with Gasteiger partial charge in [0.1, 0.15) is 6.04 Å². The van der Waals surface area contributed by atoms with Crippen molar-refractivity contribution < 1.29 is 22.7 Å². The summed E-state index contributed by atoms with van der Waals surface area (Å²) in [6, 6.07) is 10.9. The van der Waals surface area contributed by atoms with Crippen molar-refractivity contribution in [2.75, 3.05) is 38.4 Å². The smallest absolute Gasteiger partial charge is 0.246 e. The Morgan fingerprint density at radius 3 is 2.45 bits per heavy atom. The van der Waals surface area contributed by atoms with Crippen LogP contribution in [0.4, 0.5) is 11.4 Å². The van der Waals surface area contributed by atoms with Gasteiger partial charge in [-0.25, -0.2) is 12.7 Å². The van der Waals surface area contributed by atoms with E-state index in [0.717, 1.165) is 4.31 Å². The summed E-state index contributed by atoms with van der Waals surface area (Å²) in [6.45, 7) is 4.11. The van der Waals surface area contributed by atoms with Crippen LogP contribution in [0.15, 0.2) is 47.4 Å². The molecule has 0 saturated heterocycles. The van der Waals surface area contributed by atoms with Crippen LogP contribution in [0.25, 0.3) is 0 Å². The Balaban J connectivity index is 2.10.